The molecule has 166 valence electrons. The molecule has 0 aliphatic carbocycles. The van der Waals surface area contributed by atoms with E-state index < -0.39 is 0 Å². The van der Waals surface area contributed by atoms with Crippen molar-refractivity contribution < 1.29 is 9.59 Å². The Balaban J connectivity index is 1.41. The first-order valence-corrected chi connectivity index (χ1v) is 11.6. The molecular weight excluding hydrogens is 378 g/mol. The number of pyridine rings is 1. The number of hydrogen-bond acceptors (Lipinski definition) is 3. The molecule has 2 bridgehead atoms. The number of carbonyl (C=O) groups is 2. The van der Waals surface area contributed by atoms with Gasteiger partial charge in [-0.1, -0.05) is 32.8 Å². The predicted molar refractivity (Wildman–Crippen MR) is 118 cm³/mol. The quantitative estimate of drug-likeness (QED) is 0.673. The van der Waals surface area contributed by atoms with Gasteiger partial charge in [0, 0.05) is 56.2 Å². The Morgan fingerprint density at radius 3 is 2.63 bits per heavy atom. The Bertz CT molecular complexity index is 801. The first-order chi connectivity index (χ1) is 14.3. The smallest absolute Gasteiger partial charge is 0.250 e. The van der Waals surface area contributed by atoms with Crippen molar-refractivity contribution in [3.63, 3.8) is 0 Å². The zero-order chi connectivity index (χ0) is 21.7. The fraction of sp³-hybridized carbons (Fsp3) is 0.708. The van der Waals surface area contributed by atoms with E-state index in [1.54, 1.807) is 6.07 Å². The van der Waals surface area contributed by atoms with Gasteiger partial charge in [0.1, 0.15) is 0 Å². The van der Waals surface area contributed by atoms with Crippen molar-refractivity contribution in [1.82, 2.24) is 14.8 Å². The van der Waals surface area contributed by atoms with E-state index in [0.717, 1.165) is 31.5 Å². The van der Waals surface area contributed by atoms with Crippen LogP contribution < -0.4 is 10.9 Å². The molecule has 1 aromatic rings. The Morgan fingerprint density at radius 1 is 1.07 bits per heavy atom. The summed E-state index contributed by atoms with van der Waals surface area (Å²) in [7, 11) is 0. The van der Waals surface area contributed by atoms with Crippen LogP contribution >= 0.6 is 0 Å². The maximum absolute atomic E-state index is 12.7. The second kappa shape index (κ2) is 10.3. The molecule has 1 N–H and O–H groups in total. The van der Waals surface area contributed by atoms with Crippen LogP contribution in [0, 0.1) is 11.8 Å². The van der Waals surface area contributed by atoms with Gasteiger partial charge in [0.25, 0.3) is 5.56 Å². The lowest BCUT2D eigenvalue weighted by Gasteiger charge is -2.42. The molecule has 0 saturated carbocycles. The highest BCUT2D eigenvalue weighted by Gasteiger charge is 2.35. The highest BCUT2D eigenvalue weighted by Crippen LogP contribution is 2.35. The molecule has 0 aromatic carbocycles. The third-order valence-electron chi connectivity index (χ3n) is 6.45. The van der Waals surface area contributed by atoms with Gasteiger partial charge >= 0.3 is 0 Å². The first kappa shape index (κ1) is 22.6. The summed E-state index contributed by atoms with van der Waals surface area (Å²) in [6.45, 7) is 8.58. The van der Waals surface area contributed by atoms with Gasteiger partial charge in [-0.25, -0.2) is 0 Å². The van der Waals surface area contributed by atoms with Crippen molar-refractivity contribution in [2.75, 3.05) is 13.1 Å². The maximum Gasteiger partial charge on any atom is 0.250 e. The van der Waals surface area contributed by atoms with E-state index in [1.807, 2.05) is 21.6 Å². The van der Waals surface area contributed by atoms with E-state index in [0.29, 0.717) is 44.2 Å². The molecule has 30 heavy (non-hydrogen) atoms. The van der Waals surface area contributed by atoms with E-state index in [4.69, 9.17) is 0 Å². The highest BCUT2D eigenvalue weighted by molar-refractivity contribution is 5.79. The minimum atomic E-state index is 0.0451. The number of piperidine rings is 1. The van der Waals surface area contributed by atoms with Gasteiger partial charge in [0.15, 0.2) is 0 Å². The second-order valence-corrected chi connectivity index (χ2v) is 9.64. The van der Waals surface area contributed by atoms with Gasteiger partial charge in [-0.05, 0) is 44.1 Å². The third kappa shape index (κ3) is 5.96. The lowest BCUT2D eigenvalue weighted by Crippen LogP contribution is -2.49. The van der Waals surface area contributed by atoms with Crippen molar-refractivity contribution in [3.05, 3.63) is 34.2 Å². The lowest BCUT2D eigenvalue weighted by molar-refractivity contribution is -0.134. The Kier molecular flexibility index (Phi) is 7.73. The lowest BCUT2D eigenvalue weighted by atomic mass is 9.83. The van der Waals surface area contributed by atoms with Gasteiger partial charge in [-0.3, -0.25) is 14.4 Å². The molecule has 1 unspecified atom stereocenters. The van der Waals surface area contributed by atoms with Crippen molar-refractivity contribution >= 4 is 11.8 Å². The normalized spacial score (nSPS) is 21.3. The van der Waals surface area contributed by atoms with Crippen LogP contribution in [-0.2, 0) is 16.1 Å². The minimum absolute atomic E-state index is 0.0451. The molecule has 3 atom stereocenters. The second-order valence-electron chi connectivity index (χ2n) is 9.64. The van der Waals surface area contributed by atoms with Gasteiger partial charge < -0.3 is 14.8 Å². The van der Waals surface area contributed by atoms with Crippen LogP contribution in [0.4, 0.5) is 0 Å². The molecule has 3 heterocycles. The van der Waals surface area contributed by atoms with Crippen molar-refractivity contribution in [3.8, 4) is 0 Å². The van der Waals surface area contributed by atoms with E-state index in [-0.39, 0.29) is 29.3 Å². The summed E-state index contributed by atoms with van der Waals surface area (Å²) in [5.41, 5.74) is 1.12. The SMILES string of the molecule is CC(C)CCCC(C)NC(=O)CCCC(=O)N1C[C@@H]2C[C@@H](C1)c1cccc(=O)n1C2. The molecule has 2 aliphatic rings. The van der Waals surface area contributed by atoms with Gasteiger partial charge in [-0.2, -0.15) is 0 Å². The predicted octanol–water partition coefficient (Wildman–Crippen LogP) is 3.30. The zero-order valence-electron chi connectivity index (χ0n) is 18.7. The molecule has 6 nitrogen and oxygen atoms in total. The molecule has 2 aliphatic heterocycles. The Hall–Kier alpha value is -2.11. The Labute approximate surface area is 180 Å². The summed E-state index contributed by atoms with van der Waals surface area (Å²) in [4.78, 5) is 39.0. The molecule has 1 fully saturated rings. The summed E-state index contributed by atoms with van der Waals surface area (Å²) < 4.78 is 1.88. The van der Waals surface area contributed by atoms with Gasteiger partial charge in [0.2, 0.25) is 11.8 Å². The zero-order valence-corrected chi connectivity index (χ0v) is 18.7. The van der Waals surface area contributed by atoms with Crippen LogP contribution in [0.25, 0.3) is 0 Å². The third-order valence-corrected chi connectivity index (χ3v) is 6.45. The molecule has 0 radical (unpaired) electrons. The monoisotopic (exact) mass is 415 g/mol. The fourth-order valence-corrected chi connectivity index (χ4v) is 4.91. The maximum atomic E-state index is 12.7. The number of carbonyl (C=O) groups excluding carboxylic acids is 2. The molecule has 2 amide bonds. The number of nitrogens with zero attached hydrogens (tertiary/aromatic N) is 2. The van der Waals surface area contributed by atoms with Crippen LogP contribution in [0.15, 0.2) is 23.0 Å². The largest absolute Gasteiger partial charge is 0.354 e. The summed E-state index contributed by atoms with van der Waals surface area (Å²) in [6.07, 6.45) is 5.77. The number of nitrogens with one attached hydrogen (secondary N) is 1. The number of hydrogen-bond donors (Lipinski definition) is 1. The Morgan fingerprint density at radius 2 is 1.87 bits per heavy atom. The van der Waals surface area contributed by atoms with Crippen molar-refractivity contribution in [1.29, 1.82) is 0 Å². The molecular formula is C24H37N3O3. The van der Waals surface area contributed by atoms with E-state index in [2.05, 4.69) is 26.1 Å². The summed E-state index contributed by atoms with van der Waals surface area (Å²) >= 11 is 0. The average Bonchev–Trinajstić information content (AvgIpc) is 2.68. The van der Waals surface area contributed by atoms with E-state index in [9.17, 15) is 14.4 Å². The van der Waals surface area contributed by atoms with Crippen molar-refractivity contribution in [2.45, 2.75) is 84.2 Å². The molecule has 6 heteroatoms. The highest BCUT2D eigenvalue weighted by atomic mass is 16.2. The standard InChI is InChI=1S/C24H37N3O3/c1-17(2)7-4-8-18(3)25-22(28)10-6-11-23(29)26-14-19-13-20(16-26)21-9-5-12-24(30)27(21)15-19/h5,9,12,17-20H,4,6-8,10-11,13-16H2,1-3H3,(H,25,28)/t18?,19-,20-/m0/s1. The van der Waals surface area contributed by atoms with E-state index >= 15 is 0 Å². The number of aromatic nitrogens is 1. The van der Waals surface area contributed by atoms with E-state index in [1.165, 1.54) is 6.42 Å². The summed E-state index contributed by atoms with van der Waals surface area (Å²) in [5, 5.41) is 3.06. The number of amides is 2. The van der Waals surface area contributed by atoms with Crippen LogP contribution in [-0.4, -0.2) is 40.4 Å². The summed E-state index contributed by atoms with van der Waals surface area (Å²) in [6, 6.07) is 5.64. The molecule has 1 aromatic heterocycles. The van der Waals surface area contributed by atoms with Crippen LogP contribution in [0.3, 0.4) is 0 Å². The first-order valence-electron chi connectivity index (χ1n) is 11.6. The van der Waals surface area contributed by atoms with Crippen LogP contribution in [0.1, 0.15) is 77.3 Å². The molecule has 3 rings (SSSR count). The molecule has 1 saturated heterocycles. The topological polar surface area (TPSA) is 71.4 Å². The number of fused-ring (bicyclic) bond motifs is 4. The van der Waals surface area contributed by atoms with Gasteiger partial charge in [0.05, 0.1) is 0 Å². The number of rotatable bonds is 9. The van der Waals surface area contributed by atoms with Crippen LogP contribution in [0.5, 0.6) is 0 Å². The van der Waals surface area contributed by atoms with Gasteiger partial charge in [-0.15, -0.1) is 0 Å². The van der Waals surface area contributed by atoms with Crippen LogP contribution in [0.2, 0.25) is 0 Å². The fourth-order valence-electron chi connectivity index (χ4n) is 4.91. The molecule has 0 spiro atoms. The summed E-state index contributed by atoms with van der Waals surface area (Å²) in [5.74, 6) is 1.46. The van der Waals surface area contributed by atoms with Crippen molar-refractivity contribution in [2.24, 2.45) is 11.8 Å². The average molecular weight is 416 g/mol. The number of likely N-dealkylation sites (tertiary alicyclic amines) is 1. The minimum Gasteiger partial charge on any atom is -0.354 e.